The van der Waals surface area contributed by atoms with Crippen LogP contribution in [0, 0.1) is 0 Å². The lowest BCUT2D eigenvalue weighted by atomic mass is 10.1. The molecule has 0 aliphatic heterocycles. The van der Waals surface area contributed by atoms with Gasteiger partial charge >= 0.3 is 0 Å². The largest absolute Gasteiger partial charge is 0.338 e. The summed E-state index contributed by atoms with van der Waals surface area (Å²) in [6.45, 7) is 3.18. The maximum absolute atomic E-state index is 4.32. The number of nitrogens with zero attached hydrogens (tertiary/aromatic N) is 2. The second-order valence-corrected chi connectivity index (χ2v) is 5.81. The minimum atomic E-state index is 0.474. The molecule has 1 aromatic heterocycles. The van der Waals surface area contributed by atoms with Gasteiger partial charge in [-0.3, -0.25) is 0 Å². The summed E-state index contributed by atoms with van der Waals surface area (Å²) in [6.07, 6.45) is 5.85. The molecule has 0 aliphatic rings. The topological polar surface area (TPSA) is 29.9 Å². The number of nitrogens with one attached hydrogen (secondary N) is 1. The Bertz CT molecular complexity index is 504. The van der Waals surface area contributed by atoms with Gasteiger partial charge < -0.3 is 9.88 Å². The zero-order valence-electron chi connectivity index (χ0n) is 11.4. The maximum Gasteiger partial charge on any atom is 0.109 e. The molecule has 1 aromatic carbocycles. The average Bonchev–Trinajstić information content (AvgIpc) is 2.78. The van der Waals surface area contributed by atoms with E-state index in [1.54, 1.807) is 0 Å². The Labute approximate surface area is 123 Å². The van der Waals surface area contributed by atoms with E-state index in [2.05, 4.69) is 62.0 Å². The molecule has 1 heterocycles. The van der Waals surface area contributed by atoms with Crippen LogP contribution in [0.25, 0.3) is 0 Å². The zero-order chi connectivity index (χ0) is 13.7. The monoisotopic (exact) mass is 321 g/mol. The van der Waals surface area contributed by atoms with E-state index in [0.29, 0.717) is 6.04 Å². The quantitative estimate of drug-likeness (QED) is 0.886. The fraction of sp³-hybridized carbons (Fsp3) is 0.400. The highest BCUT2D eigenvalue weighted by atomic mass is 79.9. The van der Waals surface area contributed by atoms with Crippen LogP contribution >= 0.6 is 15.9 Å². The summed E-state index contributed by atoms with van der Waals surface area (Å²) in [4.78, 5) is 4.32. The van der Waals surface area contributed by atoms with Gasteiger partial charge in [-0.15, -0.1) is 0 Å². The molecule has 0 aliphatic carbocycles. The molecule has 2 aromatic rings. The fourth-order valence-electron chi connectivity index (χ4n) is 2.11. The van der Waals surface area contributed by atoms with Crippen LogP contribution in [0.5, 0.6) is 0 Å². The van der Waals surface area contributed by atoms with Crippen LogP contribution in [0.3, 0.4) is 0 Å². The van der Waals surface area contributed by atoms with Crippen LogP contribution < -0.4 is 5.32 Å². The third kappa shape index (κ3) is 4.48. The van der Waals surface area contributed by atoms with E-state index in [1.807, 2.05) is 19.4 Å². The minimum Gasteiger partial charge on any atom is -0.338 e. The van der Waals surface area contributed by atoms with Crippen LogP contribution in [-0.2, 0) is 19.9 Å². The standard InChI is InChI=1S/C15H20BrN3/c1-12(11-13-3-5-14(16)6-4-13)17-8-7-15-18-9-10-19(15)2/h3-6,9-10,12,17H,7-8,11H2,1-2H3. The summed E-state index contributed by atoms with van der Waals surface area (Å²) < 4.78 is 3.20. The molecular formula is C15H20BrN3. The van der Waals surface area contributed by atoms with E-state index in [-0.39, 0.29) is 0 Å². The first kappa shape index (κ1) is 14.3. The molecule has 0 saturated carbocycles. The number of halogens is 1. The van der Waals surface area contributed by atoms with Gasteiger partial charge in [0.1, 0.15) is 5.82 Å². The van der Waals surface area contributed by atoms with Crippen molar-refractivity contribution in [3.63, 3.8) is 0 Å². The normalized spacial score (nSPS) is 12.6. The molecule has 1 N–H and O–H groups in total. The Balaban J connectivity index is 1.74. The number of hydrogen-bond donors (Lipinski definition) is 1. The smallest absolute Gasteiger partial charge is 0.109 e. The highest BCUT2D eigenvalue weighted by Gasteiger charge is 2.04. The lowest BCUT2D eigenvalue weighted by molar-refractivity contribution is 0.540. The molecule has 2 rings (SSSR count). The van der Waals surface area contributed by atoms with E-state index in [1.165, 1.54) is 5.56 Å². The van der Waals surface area contributed by atoms with E-state index in [9.17, 15) is 0 Å². The van der Waals surface area contributed by atoms with Crippen LogP contribution in [0.15, 0.2) is 41.1 Å². The van der Waals surface area contributed by atoms with Gasteiger partial charge in [0.2, 0.25) is 0 Å². The van der Waals surface area contributed by atoms with Gasteiger partial charge in [-0.2, -0.15) is 0 Å². The van der Waals surface area contributed by atoms with E-state index >= 15 is 0 Å². The Morgan fingerprint density at radius 2 is 2.05 bits per heavy atom. The van der Waals surface area contributed by atoms with Crippen LogP contribution in [0.2, 0.25) is 0 Å². The number of rotatable bonds is 6. The minimum absolute atomic E-state index is 0.474. The van der Waals surface area contributed by atoms with Gasteiger partial charge in [-0.1, -0.05) is 28.1 Å². The van der Waals surface area contributed by atoms with Crippen molar-refractivity contribution < 1.29 is 0 Å². The number of benzene rings is 1. The fourth-order valence-corrected chi connectivity index (χ4v) is 2.38. The lowest BCUT2D eigenvalue weighted by Crippen LogP contribution is -2.30. The number of hydrogen-bond acceptors (Lipinski definition) is 2. The van der Waals surface area contributed by atoms with Gasteiger partial charge in [-0.25, -0.2) is 4.98 Å². The van der Waals surface area contributed by atoms with E-state index < -0.39 is 0 Å². The first-order valence-electron chi connectivity index (χ1n) is 6.59. The highest BCUT2D eigenvalue weighted by Crippen LogP contribution is 2.11. The SMILES string of the molecule is CC(Cc1ccc(Br)cc1)NCCc1nccn1C. The van der Waals surface area contributed by atoms with E-state index in [0.717, 1.165) is 29.7 Å². The van der Waals surface area contributed by atoms with Crippen LogP contribution in [-0.4, -0.2) is 22.1 Å². The van der Waals surface area contributed by atoms with Crippen molar-refractivity contribution in [3.8, 4) is 0 Å². The van der Waals surface area contributed by atoms with Crippen molar-refractivity contribution in [2.24, 2.45) is 7.05 Å². The predicted octanol–water partition coefficient (Wildman–Crippen LogP) is 2.95. The Hall–Kier alpha value is -1.13. The third-order valence-electron chi connectivity index (χ3n) is 3.22. The van der Waals surface area contributed by atoms with E-state index in [4.69, 9.17) is 0 Å². The molecule has 102 valence electrons. The van der Waals surface area contributed by atoms with Gasteiger partial charge in [0.15, 0.2) is 0 Å². The first-order chi connectivity index (χ1) is 9.15. The summed E-state index contributed by atoms with van der Waals surface area (Å²) in [7, 11) is 2.04. The first-order valence-corrected chi connectivity index (χ1v) is 7.38. The van der Waals surface area contributed by atoms with Crippen LogP contribution in [0.1, 0.15) is 18.3 Å². The molecule has 0 radical (unpaired) electrons. The Morgan fingerprint density at radius 1 is 1.32 bits per heavy atom. The highest BCUT2D eigenvalue weighted by molar-refractivity contribution is 9.10. The van der Waals surface area contributed by atoms with Crippen molar-refractivity contribution in [2.45, 2.75) is 25.8 Å². The second-order valence-electron chi connectivity index (χ2n) is 4.89. The number of aryl methyl sites for hydroxylation is 1. The van der Waals surface area contributed by atoms with Gasteiger partial charge in [0, 0.05) is 42.9 Å². The summed E-state index contributed by atoms with van der Waals surface area (Å²) >= 11 is 3.46. The molecule has 19 heavy (non-hydrogen) atoms. The van der Waals surface area contributed by atoms with Crippen molar-refractivity contribution in [3.05, 3.63) is 52.5 Å². The molecule has 0 bridgehead atoms. The van der Waals surface area contributed by atoms with Crippen molar-refractivity contribution in [1.29, 1.82) is 0 Å². The van der Waals surface area contributed by atoms with Gasteiger partial charge in [-0.05, 0) is 31.0 Å². The maximum atomic E-state index is 4.32. The zero-order valence-corrected chi connectivity index (χ0v) is 13.0. The molecule has 0 amide bonds. The number of aromatic nitrogens is 2. The Morgan fingerprint density at radius 3 is 2.68 bits per heavy atom. The van der Waals surface area contributed by atoms with Gasteiger partial charge in [0.25, 0.3) is 0 Å². The van der Waals surface area contributed by atoms with Crippen LogP contribution in [0.4, 0.5) is 0 Å². The molecule has 0 spiro atoms. The average molecular weight is 322 g/mol. The molecule has 1 atom stereocenters. The summed E-state index contributed by atoms with van der Waals surface area (Å²) in [5, 5.41) is 3.55. The Kier molecular flexibility index (Phi) is 5.16. The van der Waals surface area contributed by atoms with Crippen molar-refractivity contribution >= 4 is 15.9 Å². The van der Waals surface area contributed by atoms with Crippen molar-refractivity contribution in [2.75, 3.05) is 6.54 Å². The van der Waals surface area contributed by atoms with Crippen molar-refractivity contribution in [1.82, 2.24) is 14.9 Å². The molecule has 0 fully saturated rings. The van der Waals surface area contributed by atoms with Gasteiger partial charge in [0.05, 0.1) is 0 Å². The predicted molar refractivity (Wildman–Crippen MR) is 82.2 cm³/mol. The molecule has 3 nitrogen and oxygen atoms in total. The number of imidazole rings is 1. The lowest BCUT2D eigenvalue weighted by Gasteiger charge is -2.14. The summed E-state index contributed by atoms with van der Waals surface area (Å²) in [5.41, 5.74) is 1.36. The molecule has 1 unspecified atom stereocenters. The molecular weight excluding hydrogens is 302 g/mol. The summed E-state index contributed by atoms with van der Waals surface area (Å²) in [6, 6.07) is 9.00. The molecule has 0 saturated heterocycles. The second kappa shape index (κ2) is 6.87. The third-order valence-corrected chi connectivity index (χ3v) is 3.75. The summed E-state index contributed by atoms with van der Waals surface area (Å²) in [5.74, 6) is 1.13. The molecule has 4 heteroatoms.